The second kappa shape index (κ2) is 10.1. The molecule has 4 aromatic rings. The third kappa shape index (κ3) is 5.46. The highest BCUT2D eigenvalue weighted by molar-refractivity contribution is 7.98. The van der Waals surface area contributed by atoms with Crippen LogP contribution in [0.25, 0.3) is 11.3 Å². The van der Waals surface area contributed by atoms with Gasteiger partial charge >= 0.3 is 0 Å². The third-order valence-electron chi connectivity index (χ3n) is 4.57. The van der Waals surface area contributed by atoms with Gasteiger partial charge in [0.2, 0.25) is 0 Å². The molecule has 1 amide bonds. The Bertz CT molecular complexity index is 1220. The fourth-order valence-corrected chi connectivity index (χ4v) is 4.52. The van der Waals surface area contributed by atoms with Gasteiger partial charge in [0.1, 0.15) is 5.75 Å². The zero-order valence-electron chi connectivity index (χ0n) is 17.0. The van der Waals surface area contributed by atoms with Gasteiger partial charge in [-0.05, 0) is 60.2 Å². The first kappa shape index (κ1) is 22.3. The Kier molecular flexibility index (Phi) is 7.05. The topological polar surface area (TPSA) is 64.4 Å². The van der Waals surface area contributed by atoms with Crippen LogP contribution in [0.2, 0.25) is 10.0 Å². The summed E-state index contributed by atoms with van der Waals surface area (Å²) in [5.74, 6) is 1.53. The van der Waals surface area contributed by atoms with E-state index < -0.39 is 0 Å². The number of halogens is 2. The van der Waals surface area contributed by atoms with E-state index in [1.54, 1.807) is 31.0 Å². The van der Waals surface area contributed by atoms with Crippen molar-refractivity contribution in [3.05, 3.63) is 94.1 Å². The first-order valence-electron chi connectivity index (χ1n) is 9.61. The predicted octanol–water partition coefficient (Wildman–Crippen LogP) is 7.20. The first-order valence-corrected chi connectivity index (χ1v) is 11.4. The standard InChI is InChI=1S/C24H18Cl2N2O3S/c1-30-19-8-6-16(7-9-19)22-13-21(28-31-22)24(29)27-20-4-2-3-5-23(20)32-14-15-10-17(25)12-18(26)11-15/h2-13H,14H2,1H3,(H,27,29). The van der Waals surface area contributed by atoms with Crippen LogP contribution in [-0.2, 0) is 5.75 Å². The van der Waals surface area contributed by atoms with Crippen LogP contribution >= 0.6 is 35.0 Å². The molecule has 1 aromatic heterocycles. The van der Waals surface area contributed by atoms with Gasteiger partial charge in [-0.15, -0.1) is 11.8 Å². The molecule has 0 aliphatic carbocycles. The van der Waals surface area contributed by atoms with Crippen LogP contribution < -0.4 is 10.1 Å². The molecule has 0 unspecified atom stereocenters. The van der Waals surface area contributed by atoms with Gasteiger partial charge in [0.05, 0.1) is 12.8 Å². The van der Waals surface area contributed by atoms with Crippen LogP contribution in [0.1, 0.15) is 16.1 Å². The highest BCUT2D eigenvalue weighted by atomic mass is 35.5. The zero-order valence-corrected chi connectivity index (χ0v) is 19.3. The van der Waals surface area contributed by atoms with E-state index in [1.807, 2.05) is 60.7 Å². The van der Waals surface area contributed by atoms with Crippen LogP contribution in [0.3, 0.4) is 0 Å². The number of carbonyl (C=O) groups is 1. The fraction of sp³-hybridized carbons (Fsp3) is 0.0833. The molecule has 1 heterocycles. The molecule has 0 saturated carbocycles. The monoisotopic (exact) mass is 484 g/mol. The van der Waals surface area contributed by atoms with Gasteiger partial charge in [0.25, 0.3) is 5.91 Å². The molecule has 8 heteroatoms. The number of thioether (sulfide) groups is 1. The number of aromatic nitrogens is 1. The molecule has 0 aliphatic rings. The summed E-state index contributed by atoms with van der Waals surface area (Å²) in [6.45, 7) is 0. The van der Waals surface area contributed by atoms with Crippen molar-refractivity contribution < 1.29 is 14.1 Å². The maximum absolute atomic E-state index is 12.8. The Morgan fingerprint density at radius 3 is 2.47 bits per heavy atom. The summed E-state index contributed by atoms with van der Waals surface area (Å²) < 4.78 is 10.5. The molecule has 3 aromatic carbocycles. The van der Waals surface area contributed by atoms with E-state index >= 15 is 0 Å². The van der Waals surface area contributed by atoms with Crippen molar-refractivity contribution in [1.29, 1.82) is 0 Å². The quantitative estimate of drug-likeness (QED) is 0.281. The molecule has 5 nitrogen and oxygen atoms in total. The lowest BCUT2D eigenvalue weighted by Gasteiger charge is -2.10. The average Bonchev–Trinajstić information content (AvgIpc) is 3.28. The number of rotatable bonds is 7. The molecule has 0 bridgehead atoms. The van der Waals surface area contributed by atoms with Gasteiger partial charge < -0.3 is 14.6 Å². The van der Waals surface area contributed by atoms with Gasteiger partial charge in [-0.1, -0.05) is 40.5 Å². The number of benzene rings is 3. The molecule has 162 valence electrons. The minimum absolute atomic E-state index is 0.192. The van der Waals surface area contributed by atoms with Gasteiger partial charge in [-0.3, -0.25) is 4.79 Å². The number of methoxy groups -OCH3 is 1. The Morgan fingerprint density at radius 2 is 1.75 bits per heavy atom. The molecular weight excluding hydrogens is 467 g/mol. The molecule has 0 spiro atoms. The zero-order chi connectivity index (χ0) is 22.5. The number of ether oxygens (including phenoxy) is 1. The van der Waals surface area contributed by atoms with E-state index in [4.69, 9.17) is 32.5 Å². The van der Waals surface area contributed by atoms with E-state index in [-0.39, 0.29) is 11.6 Å². The highest BCUT2D eigenvalue weighted by Crippen LogP contribution is 2.32. The van der Waals surface area contributed by atoms with Crippen molar-refractivity contribution in [2.45, 2.75) is 10.6 Å². The van der Waals surface area contributed by atoms with Gasteiger partial charge in [-0.2, -0.15) is 0 Å². The average molecular weight is 485 g/mol. The lowest BCUT2D eigenvalue weighted by molar-refractivity contribution is 0.101. The maximum atomic E-state index is 12.8. The van der Waals surface area contributed by atoms with Crippen LogP contribution in [0.4, 0.5) is 5.69 Å². The van der Waals surface area contributed by atoms with E-state index in [9.17, 15) is 4.79 Å². The second-order valence-electron chi connectivity index (χ2n) is 6.82. The van der Waals surface area contributed by atoms with Crippen LogP contribution in [0.15, 0.2) is 82.2 Å². The molecule has 0 radical (unpaired) electrons. The lowest BCUT2D eigenvalue weighted by atomic mass is 10.1. The van der Waals surface area contributed by atoms with Gasteiger partial charge in [-0.25, -0.2) is 0 Å². The largest absolute Gasteiger partial charge is 0.497 e. The molecule has 0 atom stereocenters. The molecule has 0 saturated heterocycles. The summed E-state index contributed by atoms with van der Waals surface area (Å²) in [6.07, 6.45) is 0. The lowest BCUT2D eigenvalue weighted by Crippen LogP contribution is -2.12. The number of nitrogens with zero attached hydrogens (tertiary/aromatic N) is 1. The van der Waals surface area contributed by atoms with Crippen molar-refractivity contribution in [3.8, 4) is 17.1 Å². The Morgan fingerprint density at radius 1 is 1.03 bits per heavy atom. The van der Waals surface area contributed by atoms with E-state index in [1.165, 1.54) is 0 Å². The molecule has 0 aliphatic heterocycles. The fourth-order valence-electron chi connectivity index (χ4n) is 3.01. The van der Waals surface area contributed by atoms with Gasteiger partial charge in [0, 0.05) is 32.3 Å². The number of hydrogen-bond acceptors (Lipinski definition) is 5. The minimum Gasteiger partial charge on any atom is -0.497 e. The van der Waals surface area contributed by atoms with E-state index in [0.717, 1.165) is 21.8 Å². The predicted molar refractivity (Wildman–Crippen MR) is 129 cm³/mol. The summed E-state index contributed by atoms with van der Waals surface area (Å²) in [4.78, 5) is 13.7. The number of hydrogen-bond donors (Lipinski definition) is 1. The molecular formula is C24H18Cl2N2O3S. The number of anilines is 1. The van der Waals surface area contributed by atoms with Gasteiger partial charge in [0.15, 0.2) is 11.5 Å². The summed E-state index contributed by atoms with van der Waals surface area (Å²) in [5, 5.41) is 8.02. The van der Waals surface area contributed by atoms with Crippen molar-refractivity contribution in [1.82, 2.24) is 5.16 Å². The molecule has 1 N–H and O–H groups in total. The van der Waals surface area contributed by atoms with Crippen molar-refractivity contribution in [3.63, 3.8) is 0 Å². The molecule has 32 heavy (non-hydrogen) atoms. The van der Waals surface area contributed by atoms with Crippen molar-refractivity contribution in [2.75, 3.05) is 12.4 Å². The Balaban J connectivity index is 1.46. The smallest absolute Gasteiger partial charge is 0.277 e. The SMILES string of the molecule is COc1ccc(-c2cc(C(=O)Nc3ccccc3SCc3cc(Cl)cc(Cl)c3)no2)cc1. The number of nitrogens with one attached hydrogen (secondary N) is 1. The third-order valence-corrected chi connectivity index (χ3v) is 6.15. The second-order valence-corrected chi connectivity index (χ2v) is 8.71. The maximum Gasteiger partial charge on any atom is 0.277 e. The normalized spacial score (nSPS) is 10.7. The summed E-state index contributed by atoms with van der Waals surface area (Å²) in [7, 11) is 1.60. The number of carbonyl (C=O) groups excluding carboxylic acids is 1. The summed E-state index contributed by atoms with van der Waals surface area (Å²) in [5.41, 5.74) is 2.67. The van der Waals surface area contributed by atoms with E-state index in [2.05, 4.69) is 10.5 Å². The van der Waals surface area contributed by atoms with E-state index in [0.29, 0.717) is 27.2 Å². The number of amides is 1. The highest BCUT2D eigenvalue weighted by Gasteiger charge is 2.16. The number of para-hydroxylation sites is 1. The Hall–Kier alpha value is -2.93. The Labute approximate surface area is 199 Å². The summed E-state index contributed by atoms with van der Waals surface area (Å²) >= 11 is 13.7. The molecule has 0 fully saturated rings. The first-order chi connectivity index (χ1) is 15.5. The van der Waals surface area contributed by atoms with Crippen molar-refractivity contribution >= 4 is 46.6 Å². The molecule has 4 rings (SSSR count). The summed E-state index contributed by atoms with van der Waals surface area (Å²) in [6, 6.07) is 21.9. The van der Waals surface area contributed by atoms with Crippen LogP contribution in [0, 0.1) is 0 Å². The van der Waals surface area contributed by atoms with Crippen LogP contribution in [0.5, 0.6) is 5.75 Å². The van der Waals surface area contributed by atoms with Crippen molar-refractivity contribution in [2.24, 2.45) is 0 Å². The van der Waals surface area contributed by atoms with Crippen LogP contribution in [-0.4, -0.2) is 18.2 Å². The minimum atomic E-state index is -0.354.